The van der Waals surface area contributed by atoms with Crippen molar-refractivity contribution >= 4 is 24.3 Å². The molecule has 0 unspecified atom stereocenters. The van der Waals surface area contributed by atoms with Crippen molar-refractivity contribution < 1.29 is 9.90 Å². The summed E-state index contributed by atoms with van der Waals surface area (Å²) < 4.78 is 1.82. The second-order valence-corrected chi connectivity index (χ2v) is 7.15. The summed E-state index contributed by atoms with van der Waals surface area (Å²) in [5.41, 5.74) is 1.90. The van der Waals surface area contributed by atoms with Gasteiger partial charge in [-0.2, -0.15) is 5.10 Å². The van der Waals surface area contributed by atoms with Crippen LogP contribution in [0.15, 0.2) is 9.90 Å². The largest absolute Gasteiger partial charge is 0.494 e. The Morgan fingerprint density at radius 2 is 2.08 bits per heavy atom. The predicted octanol–water partition coefficient (Wildman–Crippen LogP) is 3.54. The lowest BCUT2D eigenvalue weighted by Gasteiger charge is -2.25. The number of carbonyl (C=O) groups excluding carboxylic acids is 1. The Balaban J connectivity index is 2.07. The van der Waals surface area contributed by atoms with Crippen molar-refractivity contribution in [2.45, 2.75) is 77.2 Å². The molecule has 1 aliphatic carbocycles. The molecule has 3 N–H and O–H groups in total. The molecule has 1 amide bonds. The monoisotopic (exact) mass is 380 g/mol. The quantitative estimate of drug-likeness (QED) is 0.278. The van der Waals surface area contributed by atoms with Gasteiger partial charge in [-0.1, -0.05) is 45.4 Å². The number of carbonyl (C=O) groups is 1. The van der Waals surface area contributed by atoms with Crippen LogP contribution in [0.25, 0.3) is 0 Å². The highest BCUT2D eigenvalue weighted by Crippen LogP contribution is 2.31. The summed E-state index contributed by atoms with van der Waals surface area (Å²) in [5.74, 6) is -0.389. The zero-order chi connectivity index (χ0) is 18.9. The number of nitrogens with one attached hydrogen (secondary N) is 2. The third kappa shape index (κ3) is 5.52. The normalized spacial score (nSPS) is 15.4. The SMILES string of the molecule is CCCCCCC(=O)N/N=C\c1c(O)n(C2CCCCC2)c(=S)[nH]c1=O. The van der Waals surface area contributed by atoms with Gasteiger partial charge < -0.3 is 5.11 Å². The van der Waals surface area contributed by atoms with Crippen LogP contribution in [0.4, 0.5) is 0 Å². The Kier molecular flexibility index (Phi) is 8.03. The number of H-pyrrole nitrogens is 1. The molecule has 26 heavy (non-hydrogen) atoms. The number of nitrogens with zero attached hydrogens (tertiary/aromatic N) is 2. The van der Waals surface area contributed by atoms with Gasteiger partial charge in [0.05, 0.1) is 6.21 Å². The van der Waals surface area contributed by atoms with Crippen LogP contribution in [-0.4, -0.2) is 26.8 Å². The van der Waals surface area contributed by atoms with Crippen molar-refractivity contribution in [3.8, 4) is 5.88 Å². The fourth-order valence-corrected chi connectivity index (χ4v) is 3.61. The van der Waals surface area contributed by atoms with E-state index in [1.807, 2.05) is 0 Å². The number of unbranched alkanes of at least 4 members (excludes halogenated alkanes) is 3. The maximum Gasteiger partial charge on any atom is 0.264 e. The number of hydrazone groups is 1. The molecule has 1 saturated carbocycles. The molecule has 2 rings (SSSR count). The van der Waals surface area contributed by atoms with Crippen LogP contribution in [0, 0.1) is 4.77 Å². The van der Waals surface area contributed by atoms with Crippen LogP contribution in [0.1, 0.15) is 82.7 Å². The molecule has 144 valence electrons. The van der Waals surface area contributed by atoms with Gasteiger partial charge in [0, 0.05) is 12.5 Å². The Morgan fingerprint density at radius 3 is 2.77 bits per heavy atom. The van der Waals surface area contributed by atoms with Crippen LogP contribution >= 0.6 is 12.2 Å². The summed E-state index contributed by atoms with van der Waals surface area (Å²) in [7, 11) is 0. The van der Waals surface area contributed by atoms with Crippen LogP contribution in [0.3, 0.4) is 0 Å². The van der Waals surface area contributed by atoms with E-state index in [0.29, 0.717) is 6.42 Å². The average Bonchev–Trinajstić information content (AvgIpc) is 2.62. The summed E-state index contributed by atoms with van der Waals surface area (Å²) in [6.07, 6.45) is 10.8. The molecule has 0 aromatic carbocycles. The zero-order valence-electron chi connectivity index (χ0n) is 15.3. The lowest BCUT2D eigenvalue weighted by atomic mass is 9.95. The van der Waals surface area contributed by atoms with E-state index in [-0.39, 0.29) is 28.2 Å². The first-order valence-corrected chi connectivity index (χ1v) is 9.85. The molecule has 0 bridgehead atoms. The van der Waals surface area contributed by atoms with Crippen molar-refractivity contribution in [3.05, 3.63) is 20.7 Å². The van der Waals surface area contributed by atoms with Crippen molar-refractivity contribution in [1.82, 2.24) is 15.0 Å². The zero-order valence-corrected chi connectivity index (χ0v) is 16.1. The number of amides is 1. The lowest BCUT2D eigenvalue weighted by Crippen LogP contribution is -2.24. The fourth-order valence-electron chi connectivity index (χ4n) is 3.28. The van der Waals surface area contributed by atoms with Crippen molar-refractivity contribution in [2.75, 3.05) is 0 Å². The molecular formula is C18H28N4O3S. The highest BCUT2D eigenvalue weighted by molar-refractivity contribution is 7.71. The smallest absolute Gasteiger partial charge is 0.264 e. The first-order valence-electron chi connectivity index (χ1n) is 9.44. The maximum atomic E-state index is 12.1. The summed E-state index contributed by atoms with van der Waals surface area (Å²) in [6.45, 7) is 2.11. The van der Waals surface area contributed by atoms with Crippen molar-refractivity contribution in [2.24, 2.45) is 5.10 Å². The first kappa shape index (κ1) is 20.4. The number of hydrogen-bond donors (Lipinski definition) is 3. The molecule has 0 saturated heterocycles. The van der Waals surface area contributed by atoms with Gasteiger partial charge in [0.25, 0.3) is 5.56 Å². The molecule has 0 radical (unpaired) electrons. The van der Waals surface area contributed by atoms with E-state index in [9.17, 15) is 14.7 Å². The standard InChI is InChI=1S/C18H28N4O3S/c1-2-3-4-8-11-15(23)21-19-12-14-16(24)20-18(26)22(17(14)25)13-9-6-5-7-10-13/h12-13,25H,2-11H2,1H3,(H,21,23)(H,20,24,26)/b19-12-. The third-order valence-corrected chi connectivity index (χ3v) is 5.03. The minimum atomic E-state index is -0.513. The van der Waals surface area contributed by atoms with Crippen molar-refractivity contribution in [1.29, 1.82) is 0 Å². The van der Waals surface area contributed by atoms with Gasteiger partial charge >= 0.3 is 0 Å². The molecule has 8 heteroatoms. The second kappa shape index (κ2) is 10.3. The number of rotatable bonds is 8. The summed E-state index contributed by atoms with van der Waals surface area (Å²) in [4.78, 5) is 26.4. The summed E-state index contributed by atoms with van der Waals surface area (Å²) in [6, 6.07) is 0.0772. The molecule has 1 heterocycles. The van der Waals surface area contributed by atoms with Gasteiger partial charge in [-0.25, -0.2) is 5.43 Å². The minimum absolute atomic E-state index is 0.00968. The number of aromatic nitrogens is 2. The fraction of sp³-hybridized carbons (Fsp3) is 0.667. The molecule has 1 aromatic rings. The maximum absolute atomic E-state index is 12.1. The highest BCUT2D eigenvalue weighted by Gasteiger charge is 2.21. The van der Waals surface area contributed by atoms with E-state index >= 15 is 0 Å². The van der Waals surface area contributed by atoms with Gasteiger partial charge in [0.2, 0.25) is 11.8 Å². The molecule has 0 spiro atoms. The first-order chi connectivity index (χ1) is 12.5. The van der Waals surface area contributed by atoms with Crippen molar-refractivity contribution in [3.63, 3.8) is 0 Å². The Hall–Kier alpha value is -1.96. The van der Waals surface area contributed by atoms with Gasteiger partial charge in [0.1, 0.15) is 5.56 Å². The van der Waals surface area contributed by atoms with Gasteiger partial charge in [-0.3, -0.25) is 19.1 Å². The van der Waals surface area contributed by atoms with E-state index in [2.05, 4.69) is 22.4 Å². The number of aromatic hydroxyl groups is 1. The molecular weight excluding hydrogens is 352 g/mol. The minimum Gasteiger partial charge on any atom is -0.494 e. The van der Waals surface area contributed by atoms with E-state index in [1.165, 1.54) is 12.6 Å². The van der Waals surface area contributed by atoms with Gasteiger partial charge in [0.15, 0.2) is 4.77 Å². The van der Waals surface area contributed by atoms with Crippen LogP contribution in [-0.2, 0) is 4.79 Å². The third-order valence-electron chi connectivity index (χ3n) is 4.73. The molecule has 1 fully saturated rings. The molecule has 1 aliphatic rings. The molecule has 1 aromatic heterocycles. The van der Waals surface area contributed by atoms with Crippen LogP contribution in [0.5, 0.6) is 5.88 Å². The topological polar surface area (TPSA) is 99.5 Å². The van der Waals surface area contributed by atoms with Crippen LogP contribution in [0.2, 0.25) is 0 Å². The Morgan fingerprint density at radius 1 is 1.35 bits per heavy atom. The van der Waals surface area contributed by atoms with E-state index in [0.717, 1.165) is 51.4 Å². The summed E-state index contributed by atoms with van der Waals surface area (Å²) in [5, 5.41) is 14.4. The van der Waals surface area contributed by atoms with Crippen LogP contribution < -0.4 is 11.0 Å². The Labute approximate surface area is 158 Å². The number of hydrogen-bond acceptors (Lipinski definition) is 5. The van der Waals surface area contributed by atoms with E-state index < -0.39 is 5.56 Å². The molecule has 7 nitrogen and oxygen atoms in total. The second-order valence-electron chi connectivity index (χ2n) is 6.76. The average molecular weight is 381 g/mol. The number of aromatic amines is 1. The lowest BCUT2D eigenvalue weighted by molar-refractivity contribution is -0.121. The van der Waals surface area contributed by atoms with E-state index in [4.69, 9.17) is 12.2 Å². The van der Waals surface area contributed by atoms with Gasteiger partial charge in [-0.05, 0) is 31.5 Å². The van der Waals surface area contributed by atoms with Gasteiger partial charge in [-0.15, -0.1) is 0 Å². The highest BCUT2D eigenvalue weighted by atomic mass is 32.1. The van der Waals surface area contributed by atoms with E-state index in [1.54, 1.807) is 4.57 Å². The summed E-state index contributed by atoms with van der Waals surface area (Å²) >= 11 is 5.22. The molecule has 0 aliphatic heterocycles. The predicted molar refractivity (Wildman–Crippen MR) is 104 cm³/mol. The Bertz CT molecular complexity index is 748. The molecule has 0 atom stereocenters.